The third kappa shape index (κ3) is 4.25. The van der Waals surface area contributed by atoms with Crippen molar-refractivity contribution in [2.75, 3.05) is 5.32 Å². The molecule has 2 aromatic carbocycles. The Morgan fingerprint density at radius 3 is 2.41 bits per heavy atom. The van der Waals surface area contributed by atoms with Crippen molar-refractivity contribution >= 4 is 63.9 Å². The van der Waals surface area contributed by atoms with Crippen LogP contribution in [0.2, 0.25) is 10.0 Å². The van der Waals surface area contributed by atoms with Crippen LogP contribution in [-0.4, -0.2) is 21.7 Å². The van der Waals surface area contributed by atoms with Crippen molar-refractivity contribution in [3.63, 3.8) is 0 Å². The van der Waals surface area contributed by atoms with Crippen molar-refractivity contribution in [3.05, 3.63) is 63.1 Å². The number of amides is 2. The molecule has 0 spiro atoms. The Labute approximate surface area is 204 Å². The first-order valence-electron chi connectivity index (χ1n) is 9.53. The molecule has 6 nitrogen and oxygen atoms in total. The molecule has 2 fully saturated rings. The van der Waals surface area contributed by atoms with Crippen LogP contribution >= 0.6 is 46.4 Å². The number of anilines is 1. The van der Waals surface area contributed by atoms with Gasteiger partial charge in [-0.05, 0) is 54.8 Å². The molecule has 0 aromatic heterocycles. The Hall–Kier alpha value is -2.48. The van der Waals surface area contributed by atoms with Crippen LogP contribution in [0.1, 0.15) is 40.2 Å². The van der Waals surface area contributed by atoms with Gasteiger partial charge >= 0.3 is 0 Å². The van der Waals surface area contributed by atoms with E-state index in [2.05, 4.69) is 16.7 Å². The minimum Gasteiger partial charge on any atom is -0.334 e. The van der Waals surface area contributed by atoms with Crippen LogP contribution in [0.5, 0.6) is 0 Å². The minimum absolute atomic E-state index is 0.134. The van der Waals surface area contributed by atoms with Crippen LogP contribution in [0.25, 0.3) is 0 Å². The molecule has 0 saturated heterocycles. The Kier molecular flexibility index (Phi) is 5.77. The number of benzene rings is 2. The molecule has 2 saturated carbocycles. The molecule has 10 heteroatoms. The summed E-state index contributed by atoms with van der Waals surface area (Å²) >= 11 is 25.0. The van der Waals surface area contributed by atoms with E-state index >= 15 is 0 Å². The third-order valence-corrected chi connectivity index (χ3v) is 7.03. The van der Waals surface area contributed by atoms with Crippen LogP contribution in [0.3, 0.4) is 0 Å². The average molecular weight is 508 g/mol. The highest BCUT2D eigenvalue weighted by molar-refractivity contribution is 6.53. The van der Waals surface area contributed by atoms with Gasteiger partial charge in [0.2, 0.25) is 5.91 Å². The highest BCUT2D eigenvalue weighted by atomic mass is 35.5. The van der Waals surface area contributed by atoms with Crippen molar-refractivity contribution in [2.24, 2.45) is 5.92 Å². The molecule has 2 atom stereocenters. The summed E-state index contributed by atoms with van der Waals surface area (Å²) in [6.07, 6.45) is 1.16. The Balaban J connectivity index is 1.52. The number of carbonyl (C=O) groups excluding carboxylic acids is 2. The molecule has 0 heterocycles. The molecule has 0 radical (unpaired) electrons. The van der Waals surface area contributed by atoms with E-state index in [1.54, 1.807) is 18.2 Å². The summed E-state index contributed by atoms with van der Waals surface area (Å²) in [6, 6.07) is 13.3. The van der Waals surface area contributed by atoms with Gasteiger partial charge in [-0.3, -0.25) is 9.59 Å². The molecule has 2 aliphatic carbocycles. The highest BCUT2D eigenvalue weighted by Crippen LogP contribution is 2.65. The van der Waals surface area contributed by atoms with E-state index in [-0.39, 0.29) is 10.6 Å². The standard InChI is InChI=1S/C22H14Cl4N4O2/c23-13-6-11(9-27)5-12(7-13)17-18(22(17,25)26)20(32)29-14-1-2-16(24)15(8-14)19(31)30-21(10-28)3-4-21/h1-2,5-8,17-18H,3-4H2,(H,29,32)(H,30,31)/t17-,18+/m0/s1. The van der Waals surface area contributed by atoms with Gasteiger partial charge in [0.25, 0.3) is 5.91 Å². The highest BCUT2D eigenvalue weighted by Gasteiger charge is 2.67. The molecule has 0 bridgehead atoms. The zero-order valence-corrected chi connectivity index (χ0v) is 19.3. The number of hydrogen-bond acceptors (Lipinski definition) is 4. The quantitative estimate of drug-likeness (QED) is 0.544. The summed E-state index contributed by atoms with van der Waals surface area (Å²) in [5, 5.41) is 24.2. The predicted molar refractivity (Wildman–Crippen MR) is 122 cm³/mol. The second kappa shape index (κ2) is 8.14. The summed E-state index contributed by atoms with van der Waals surface area (Å²) < 4.78 is -1.38. The number of alkyl halides is 2. The molecular weight excluding hydrogens is 494 g/mol. The van der Waals surface area contributed by atoms with E-state index in [0.717, 1.165) is 0 Å². The summed E-state index contributed by atoms with van der Waals surface area (Å²) in [5.41, 5.74) is 0.528. The van der Waals surface area contributed by atoms with Gasteiger partial charge in [-0.1, -0.05) is 23.2 Å². The zero-order valence-electron chi connectivity index (χ0n) is 16.3. The number of rotatable bonds is 5. The van der Waals surface area contributed by atoms with Gasteiger partial charge in [0.05, 0.1) is 34.2 Å². The van der Waals surface area contributed by atoms with E-state index in [4.69, 9.17) is 51.7 Å². The first kappa shape index (κ1) is 22.7. The molecule has 2 amide bonds. The molecule has 2 aliphatic rings. The van der Waals surface area contributed by atoms with Gasteiger partial charge in [-0.2, -0.15) is 10.5 Å². The number of halogens is 4. The largest absolute Gasteiger partial charge is 0.334 e. The van der Waals surface area contributed by atoms with Crippen molar-refractivity contribution in [2.45, 2.75) is 28.6 Å². The number of hydrogen-bond donors (Lipinski definition) is 2. The van der Waals surface area contributed by atoms with Gasteiger partial charge in [-0.25, -0.2) is 0 Å². The number of nitrogens with one attached hydrogen (secondary N) is 2. The third-order valence-electron chi connectivity index (χ3n) is 5.54. The van der Waals surface area contributed by atoms with Crippen LogP contribution in [0.4, 0.5) is 5.69 Å². The fraction of sp³-hybridized carbons (Fsp3) is 0.273. The molecule has 4 rings (SSSR count). The lowest BCUT2D eigenvalue weighted by Crippen LogP contribution is -2.35. The summed E-state index contributed by atoms with van der Waals surface area (Å²) in [5.74, 6) is -2.31. The minimum atomic E-state index is -1.38. The predicted octanol–water partition coefficient (Wildman–Crippen LogP) is 5.18. The average Bonchev–Trinajstić information content (AvgIpc) is 3.63. The topological polar surface area (TPSA) is 106 Å². The monoisotopic (exact) mass is 506 g/mol. The van der Waals surface area contributed by atoms with Gasteiger partial charge in [0.15, 0.2) is 0 Å². The Morgan fingerprint density at radius 1 is 1.06 bits per heavy atom. The van der Waals surface area contributed by atoms with Gasteiger partial charge in [-0.15, -0.1) is 23.2 Å². The zero-order chi connectivity index (χ0) is 23.3. The molecule has 0 aliphatic heterocycles. The first-order valence-corrected chi connectivity index (χ1v) is 11.0. The van der Waals surface area contributed by atoms with Crippen LogP contribution in [-0.2, 0) is 4.79 Å². The van der Waals surface area contributed by atoms with Crippen molar-refractivity contribution in [3.8, 4) is 12.1 Å². The maximum Gasteiger partial charge on any atom is 0.254 e. The molecule has 32 heavy (non-hydrogen) atoms. The molecule has 2 N–H and O–H groups in total. The van der Waals surface area contributed by atoms with E-state index in [1.165, 1.54) is 18.2 Å². The van der Waals surface area contributed by atoms with Crippen LogP contribution in [0.15, 0.2) is 36.4 Å². The van der Waals surface area contributed by atoms with Crippen molar-refractivity contribution < 1.29 is 9.59 Å². The second-order valence-electron chi connectivity index (χ2n) is 7.85. The fourth-order valence-corrected chi connectivity index (χ4v) is 4.87. The number of carbonyl (C=O) groups is 2. The van der Waals surface area contributed by atoms with Crippen LogP contribution in [0, 0.1) is 28.6 Å². The molecular formula is C22H14Cl4N4O2. The summed E-state index contributed by atoms with van der Waals surface area (Å²) in [6.45, 7) is 0. The fourth-order valence-electron chi connectivity index (χ4n) is 3.60. The Morgan fingerprint density at radius 2 is 1.78 bits per heavy atom. The molecule has 2 aromatic rings. The lowest BCUT2D eigenvalue weighted by Gasteiger charge is -2.12. The first-order chi connectivity index (χ1) is 15.1. The van der Waals surface area contributed by atoms with Gasteiger partial charge in [0.1, 0.15) is 9.87 Å². The lowest BCUT2D eigenvalue weighted by molar-refractivity contribution is -0.117. The lowest BCUT2D eigenvalue weighted by atomic mass is 10.1. The second-order valence-corrected chi connectivity index (χ2v) is 10.1. The van der Waals surface area contributed by atoms with E-state index in [1.807, 2.05) is 6.07 Å². The van der Waals surface area contributed by atoms with Crippen molar-refractivity contribution in [1.29, 1.82) is 10.5 Å². The summed E-state index contributed by atoms with van der Waals surface area (Å²) in [7, 11) is 0. The van der Waals surface area contributed by atoms with E-state index < -0.39 is 33.5 Å². The van der Waals surface area contributed by atoms with Gasteiger partial charge in [0, 0.05) is 16.6 Å². The maximum atomic E-state index is 12.9. The van der Waals surface area contributed by atoms with Crippen molar-refractivity contribution in [1.82, 2.24) is 5.32 Å². The van der Waals surface area contributed by atoms with E-state index in [9.17, 15) is 14.9 Å². The normalized spacial score (nSPS) is 21.6. The number of nitrogens with zero attached hydrogens (tertiary/aromatic N) is 2. The SMILES string of the molecule is N#Cc1cc(Cl)cc([C@H]2[C@H](C(=O)Nc3ccc(Cl)c(C(=O)NC4(C#N)CC4)c3)C2(Cl)Cl)c1. The van der Waals surface area contributed by atoms with Crippen LogP contribution < -0.4 is 10.6 Å². The van der Waals surface area contributed by atoms with Gasteiger partial charge < -0.3 is 10.6 Å². The molecule has 162 valence electrons. The molecule has 0 unspecified atom stereocenters. The smallest absolute Gasteiger partial charge is 0.254 e. The Bertz CT molecular complexity index is 1230. The summed E-state index contributed by atoms with van der Waals surface area (Å²) in [4.78, 5) is 25.5. The van der Waals surface area contributed by atoms with E-state index in [0.29, 0.717) is 34.7 Å². The number of nitriles is 2. The maximum absolute atomic E-state index is 12.9.